The van der Waals surface area contributed by atoms with Crippen molar-refractivity contribution >= 4 is 21.8 Å². The smallest absolute Gasteiger partial charge is 0.223 e. The molecule has 0 unspecified atom stereocenters. The largest absolute Gasteiger partial charge is 0.356 e. The third-order valence-electron chi connectivity index (χ3n) is 1.56. The molecule has 0 heterocycles. The third-order valence-corrected chi connectivity index (χ3v) is 2.12. The Labute approximate surface area is 69.5 Å². The first-order chi connectivity index (χ1) is 4.84. The zero-order valence-corrected chi connectivity index (χ0v) is 7.49. The molecule has 1 fully saturated rings. The molecule has 1 aliphatic carbocycles. The summed E-state index contributed by atoms with van der Waals surface area (Å²) in [5, 5.41) is 3.85. The molecular formula is C7H12BrNO. The van der Waals surface area contributed by atoms with Gasteiger partial charge in [-0.2, -0.15) is 0 Å². The lowest BCUT2D eigenvalue weighted by molar-refractivity contribution is -0.122. The standard InChI is InChI=1S/C7H12BrNO/c8-4-1-5-9-7(10)6-2-3-6/h6H,1-5H2,(H,9,10). The molecule has 1 aliphatic rings. The molecule has 3 heteroatoms. The molecule has 0 bridgehead atoms. The molecule has 0 aliphatic heterocycles. The molecule has 2 nitrogen and oxygen atoms in total. The van der Waals surface area contributed by atoms with Crippen LogP contribution < -0.4 is 5.32 Å². The van der Waals surface area contributed by atoms with E-state index in [-0.39, 0.29) is 5.91 Å². The summed E-state index contributed by atoms with van der Waals surface area (Å²) in [6.07, 6.45) is 3.22. The molecule has 1 amide bonds. The van der Waals surface area contributed by atoms with Crippen LogP contribution in [-0.2, 0) is 4.79 Å². The normalized spacial score (nSPS) is 16.9. The van der Waals surface area contributed by atoms with E-state index in [1.165, 1.54) is 0 Å². The van der Waals surface area contributed by atoms with Crippen LogP contribution in [0.1, 0.15) is 19.3 Å². The quantitative estimate of drug-likeness (QED) is 0.545. The molecule has 0 atom stereocenters. The Kier molecular flexibility index (Phi) is 3.19. The lowest BCUT2D eigenvalue weighted by Gasteiger charge is -2.00. The molecule has 0 saturated heterocycles. The molecule has 0 aromatic rings. The van der Waals surface area contributed by atoms with E-state index in [9.17, 15) is 4.79 Å². The second-order valence-electron chi connectivity index (χ2n) is 2.61. The fraction of sp³-hybridized carbons (Fsp3) is 0.857. The first-order valence-electron chi connectivity index (χ1n) is 3.68. The van der Waals surface area contributed by atoms with E-state index in [1.54, 1.807) is 0 Å². The highest BCUT2D eigenvalue weighted by Gasteiger charge is 2.28. The fourth-order valence-electron chi connectivity index (χ4n) is 0.768. The topological polar surface area (TPSA) is 29.1 Å². The molecule has 0 aromatic heterocycles. The number of hydrogen-bond donors (Lipinski definition) is 1. The van der Waals surface area contributed by atoms with Gasteiger partial charge in [-0.1, -0.05) is 15.9 Å². The SMILES string of the molecule is O=C(NCCCBr)C1CC1. The summed E-state index contributed by atoms with van der Waals surface area (Å²) < 4.78 is 0. The van der Waals surface area contributed by atoms with Crippen LogP contribution in [-0.4, -0.2) is 17.8 Å². The second kappa shape index (κ2) is 3.96. The average molecular weight is 206 g/mol. The zero-order chi connectivity index (χ0) is 7.40. The van der Waals surface area contributed by atoms with Gasteiger partial charge in [-0.15, -0.1) is 0 Å². The van der Waals surface area contributed by atoms with Crippen molar-refractivity contribution in [1.29, 1.82) is 0 Å². The average Bonchev–Trinajstić information content (AvgIpc) is 2.69. The third kappa shape index (κ3) is 2.69. The van der Waals surface area contributed by atoms with Crippen LogP contribution in [0.2, 0.25) is 0 Å². The Bertz CT molecular complexity index is 123. The Balaban J connectivity index is 1.95. The van der Waals surface area contributed by atoms with E-state index in [4.69, 9.17) is 0 Å². The maximum Gasteiger partial charge on any atom is 0.223 e. The summed E-state index contributed by atoms with van der Waals surface area (Å²) in [6, 6.07) is 0. The Morgan fingerprint density at radius 3 is 2.80 bits per heavy atom. The van der Waals surface area contributed by atoms with Gasteiger partial charge in [0.25, 0.3) is 0 Å². The number of carbonyl (C=O) groups excluding carboxylic acids is 1. The van der Waals surface area contributed by atoms with Gasteiger partial charge < -0.3 is 5.32 Å². The van der Waals surface area contributed by atoms with E-state index in [2.05, 4.69) is 21.2 Å². The number of halogens is 1. The summed E-state index contributed by atoms with van der Waals surface area (Å²) in [5.41, 5.74) is 0. The minimum absolute atomic E-state index is 0.251. The van der Waals surface area contributed by atoms with Crippen LogP contribution in [0.4, 0.5) is 0 Å². The predicted octanol–water partition coefficient (Wildman–Crippen LogP) is 1.30. The van der Waals surface area contributed by atoms with E-state index < -0.39 is 0 Å². The summed E-state index contributed by atoms with van der Waals surface area (Å²) >= 11 is 3.30. The number of hydrogen-bond acceptors (Lipinski definition) is 1. The van der Waals surface area contributed by atoms with E-state index in [0.717, 1.165) is 31.1 Å². The first-order valence-corrected chi connectivity index (χ1v) is 4.80. The van der Waals surface area contributed by atoms with Crippen LogP contribution in [0, 0.1) is 5.92 Å². The minimum Gasteiger partial charge on any atom is -0.356 e. The van der Waals surface area contributed by atoms with E-state index >= 15 is 0 Å². The molecule has 0 radical (unpaired) electrons. The number of amides is 1. The van der Waals surface area contributed by atoms with Gasteiger partial charge in [-0.25, -0.2) is 0 Å². The molecule has 1 saturated carbocycles. The van der Waals surface area contributed by atoms with Gasteiger partial charge in [0.05, 0.1) is 0 Å². The van der Waals surface area contributed by atoms with Crippen molar-refractivity contribution in [1.82, 2.24) is 5.32 Å². The number of alkyl halides is 1. The lowest BCUT2D eigenvalue weighted by Crippen LogP contribution is -2.25. The molecule has 1 N–H and O–H groups in total. The predicted molar refractivity (Wildman–Crippen MR) is 44.1 cm³/mol. The van der Waals surface area contributed by atoms with Gasteiger partial charge in [0.2, 0.25) is 5.91 Å². The van der Waals surface area contributed by atoms with Gasteiger partial charge in [-0.3, -0.25) is 4.79 Å². The maximum absolute atomic E-state index is 11.0. The highest BCUT2D eigenvalue weighted by Crippen LogP contribution is 2.28. The maximum atomic E-state index is 11.0. The zero-order valence-electron chi connectivity index (χ0n) is 5.90. The molecule has 1 rings (SSSR count). The lowest BCUT2D eigenvalue weighted by atomic mass is 10.4. The first kappa shape index (κ1) is 8.05. The van der Waals surface area contributed by atoms with Crippen molar-refractivity contribution in [3.8, 4) is 0 Å². The number of rotatable bonds is 4. The highest BCUT2D eigenvalue weighted by molar-refractivity contribution is 9.09. The van der Waals surface area contributed by atoms with Crippen molar-refractivity contribution in [2.24, 2.45) is 5.92 Å². The van der Waals surface area contributed by atoms with Crippen LogP contribution >= 0.6 is 15.9 Å². The van der Waals surface area contributed by atoms with Gasteiger partial charge in [0.1, 0.15) is 0 Å². The Hall–Kier alpha value is -0.0500. The fourth-order valence-corrected chi connectivity index (χ4v) is 1.05. The Morgan fingerprint density at radius 2 is 2.30 bits per heavy atom. The molecule has 58 valence electrons. The highest BCUT2D eigenvalue weighted by atomic mass is 79.9. The van der Waals surface area contributed by atoms with Crippen LogP contribution in [0.3, 0.4) is 0 Å². The minimum atomic E-state index is 0.251. The monoisotopic (exact) mass is 205 g/mol. The number of nitrogens with one attached hydrogen (secondary N) is 1. The summed E-state index contributed by atoms with van der Waals surface area (Å²) in [6.45, 7) is 0.820. The van der Waals surface area contributed by atoms with Crippen LogP contribution in [0.25, 0.3) is 0 Å². The van der Waals surface area contributed by atoms with E-state index in [1.807, 2.05) is 0 Å². The van der Waals surface area contributed by atoms with Crippen molar-refractivity contribution in [2.75, 3.05) is 11.9 Å². The molecule has 10 heavy (non-hydrogen) atoms. The van der Waals surface area contributed by atoms with Gasteiger partial charge in [-0.05, 0) is 19.3 Å². The molecular weight excluding hydrogens is 194 g/mol. The Morgan fingerprint density at radius 1 is 1.60 bits per heavy atom. The second-order valence-corrected chi connectivity index (χ2v) is 3.40. The van der Waals surface area contributed by atoms with Crippen molar-refractivity contribution in [3.05, 3.63) is 0 Å². The van der Waals surface area contributed by atoms with Crippen molar-refractivity contribution in [2.45, 2.75) is 19.3 Å². The summed E-state index contributed by atoms with van der Waals surface area (Å²) in [4.78, 5) is 11.0. The molecule has 0 aromatic carbocycles. The van der Waals surface area contributed by atoms with Crippen LogP contribution in [0.5, 0.6) is 0 Å². The van der Waals surface area contributed by atoms with Gasteiger partial charge in [0.15, 0.2) is 0 Å². The van der Waals surface area contributed by atoms with E-state index in [0.29, 0.717) is 5.92 Å². The van der Waals surface area contributed by atoms with Gasteiger partial charge >= 0.3 is 0 Å². The number of carbonyl (C=O) groups is 1. The van der Waals surface area contributed by atoms with Crippen molar-refractivity contribution < 1.29 is 4.79 Å². The van der Waals surface area contributed by atoms with Crippen molar-refractivity contribution in [3.63, 3.8) is 0 Å². The summed E-state index contributed by atoms with van der Waals surface area (Å²) in [5.74, 6) is 0.608. The molecule has 0 spiro atoms. The summed E-state index contributed by atoms with van der Waals surface area (Å²) in [7, 11) is 0. The van der Waals surface area contributed by atoms with Gasteiger partial charge in [0, 0.05) is 17.8 Å². The van der Waals surface area contributed by atoms with Crippen LogP contribution in [0.15, 0.2) is 0 Å².